The smallest absolute Gasteiger partial charge is 0.290 e. The third-order valence-corrected chi connectivity index (χ3v) is 5.49. The zero-order valence-corrected chi connectivity index (χ0v) is 16.8. The van der Waals surface area contributed by atoms with Crippen molar-refractivity contribution in [3.05, 3.63) is 58.8 Å². The standard InChI is InChI=1S/C22H23ClN2O3/c1-3-27-16-8-9-20-17(14-16)15(2)21(28-20)22(26)25-12-10-24(11-13-25)19-7-5-4-6-18(19)23/h4-9,14H,3,10-13H2,1-2H3. The van der Waals surface area contributed by atoms with E-state index in [1.165, 1.54) is 0 Å². The van der Waals surface area contributed by atoms with Gasteiger partial charge in [-0.05, 0) is 44.2 Å². The molecule has 1 amide bonds. The average molecular weight is 399 g/mol. The first-order valence-corrected chi connectivity index (χ1v) is 9.91. The van der Waals surface area contributed by atoms with Crippen molar-refractivity contribution in [2.24, 2.45) is 0 Å². The quantitative estimate of drug-likeness (QED) is 0.635. The zero-order valence-electron chi connectivity index (χ0n) is 16.1. The zero-order chi connectivity index (χ0) is 19.7. The van der Waals surface area contributed by atoms with Crippen molar-refractivity contribution in [3.8, 4) is 5.75 Å². The summed E-state index contributed by atoms with van der Waals surface area (Å²) in [6.07, 6.45) is 0. The molecule has 1 aliphatic heterocycles. The van der Waals surface area contributed by atoms with E-state index >= 15 is 0 Å². The predicted molar refractivity (Wildman–Crippen MR) is 112 cm³/mol. The number of benzene rings is 2. The van der Waals surface area contributed by atoms with Gasteiger partial charge in [-0.2, -0.15) is 0 Å². The number of ether oxygens (including phenoxy) is 1. The van der Waals surface area contributed by atoms with Gasteiger partial charge >= 0.3 is 0 Å². The third kappa shape index (κ3) is 3.42. The summed E-state index contributed by atoms with van der Waals surface area (Å²) in [7, 11) is 0. The summed E-state index contributed by atoms with van der Waals surface area (Å²) in [4.78, 5) is 17.1. The lowest BCUT2D eigenvalue weighted by atomic mass is 10.1. The Bertz CT molecular complexity index is 1010. The fourth-order valence-electron chi connectivity index (χ4n) is 3.66. The highest BCUT2D eigenvalue weighted by Gasteiger charge is 2.27. The molecular weight excluding hydrogens is 376 g/mol. The van der Waals surface area contributed by atoms with Crippen LogP contribution in [0.1, 0.15) is 23.0 Å². The fraction of sp³-hybridized carbons (Fsp3) is 0.318. The second-order valence-corrected chi connectivity index (χ2v) is 7.29. The van der Waals surface area contributed by atoms with Crippen LogP contribution in [-0.2, 0) is 0 Å². The summed E-state index contributed by atoms with van der Waals surface area (Å²) in [5, 5.41) is 1.66. The second-order valence-electron chi connectivity index (χ2n) is 6.88. The van der Waals surface area contributed by atoms with Crippen LogP contribution in [-0.4, -0.2) is 43.6 Å². The molecule has 28 heavy (non-hydrogen) atoms. The van der Waals surface area contributed by atoms with Gasteiger partial charge in [-0.25, -0.2) is 0 Å². The minimum atomic E-state index is -0.0644. The number of amides is 1. The first-order valence-electron chi connectivity index (χ1n) is 9.53. The molecule has 6 heteroatoms. The van der Waals surface area contributed by atoms with Crippen LogP contribution in [0.25, 0.3) is 11.0 Å². The summed E-state index contributed by atoms with van der Waals surface area (Å²) in [5.41, 5.74) is 2.58. The SMILES string of the molecule is CCOc1ccc2oc(C(=O)N3CCN(c4ccccc4Cl)CC3)c(C)c2c1. The molecule has 0 radical (unpaired) electrons. The van der Waals surface area contributed by atoms with Crippen LogP contribution in [0.5, 0.6) is 5.75 Å². The molecule has 0 atom stereocenters. The summed E-state index contributed by atoms with van der Waals surface area (Å²) >= 11 is 6.31. The molecule has 1 fully saturated rings. The third-order valence-electron chi connectivity index (χ3n) is 5.17. The van der Waals surface area contributed by atoms with Crippen LogP contribution in [0.3, 0.4) is 0 Å². The number of carbonyl (C=O) groups excluding carboxylic acids is 1. The number of halogens is 1. The number of aryl methyl sites for hydroxylation is 1. The Hall–Kier alpha value is -2.66. The van der Waals surface area contributed by atoms with Gasteiger partial charge in [0, 0.05) is 37.1 Å². The van der Waals surface area contributed by atoms with Gasteiger partial charge in [0.05, 0.1) is 17.3 Å². The van der Waals surface area contributed by atoms with Crippen LogP contribution in [0.2, 0.25) is 5.02 Å². The van der Waals surface area contributed by atoms with Crippen molar-refractivity contribution in [2.75, 3.05) is 37.7 Å². The van der Waals surface area contributed by atoms with Crippen molar-refractivity contribution in [1.82, 2.24) is 4.90 Å². The van der Waals surface area contributed by atoms with Crippen LogP contribution in [0, 0.1) is 6.92 Å². The summed E-state index contributed by atoms with van der Waals surface area (Å²) in [6, 6.07) is 13.5. The van der Waals surface area contributed by atoms with Gasteiger partial charge in [0.25, 0.3) is 5.91 Å². The molecular formula is C22H23ClN2O3. The maximum atomic E-state index is 13.1. The topological polar surface area (TPSA) is 45.9 Å². The molecule has 0 aliphatic carbocycles. The van der Waals surface area contributed by atoms with Gasteiger partial charge in [0.2, 0.25) is 0 Å². The van der Waals surface area contributed by atoms with E-state index in [1.54, 1.807) is 0 Å². The molecule has 2 aromatic carbocycles. The maximum Gasteiger partial charge on any atom is 0.290 e. The van der Waals surface area contributed by atoms with Crippen LogP contribution in [0.4, 0.5) is 5.69 Å². The number of carbonyl (C=O) groups is 1. The van der Waals surface area contributed by atoms with Crippen LogP contribution < -0.4 is 9.64 Å². The van der Waals surface area contributed by atoms with Crippen molar-refractivity contribution in [3.63, 3.8) is 0 Å². The summed E-state index contributed by atoms with van der Waals surface area (Å²) in [6.45, 7) is 7.21. The van der Waals surface area contributed by atoms with Gasteiger partial charge in [0.15, 0.2) is 5.76 Å². The van der Waals surface area contributed by atoms with Gasteiger partial charge in [-0.15, -0.1) is 0 Å². The van der Waals surface area contributed by atoms with Crippen molar-refractivity contribution in [2.45, 2.75) is 13.8 Å². The number of furan rings is 1. The number of nitrogens with zero attached hydrogens (tertiary/aromatic N) is 2. The Kier molecular flexibility index (Phi) is 5.18. The number of fused-ring (bicyclic) bond motifs is 1. The largest absolute Gasteiger partial charge is 0.494 e. The van der Waals surface area contributed by atoms with E-state index in [4.69, 9.17) is 20.8 Å². The lowest BCUT2D eigenvalue weighted by molar-refractivity contribution is 0.0716. The van der Waals surface area contributed by atoms with Gasteiger partial charge in [0.1, 0.15) is 11.3 Å². The van der Waals surface area contributed by atoms with Gasteiger partial charge < -0.3 is 19.0 Å². The van der Waals surface area contributed by atoms with Gasteiger partial charge in [-0.3, -0.25) is 4.79 Å². The van der Waals surface area contributed by atoms with E-state index < -0.39 is 0 Å². The molecule has 5 nitrogen and oxygen atoms in total. The van der Waals surface area contributed by atoms with Crippen molar-refractivity contribution >= 4 is 34.2 Å². The molecule has 0 unspecified atom stereocenters. The molecule has 1 aromatic heterocycles. The molecule has 146 valence electrons. The van der Waals surface area contributed by atoms with E-state index in [0.29, 0.717) is 31.0 Å². The van der Waals surface area contributed by atoms with E-state index in [-0.39, 0.29) is 5.91 Å². The lowest BCUT2D eigenvalue weighted by Crippen LogP contribution is -2.48. The minimum Gasteiger partial charge on any atom is -0.494 e. The van der Waals surface area contributed by atoms with Crippen molar-refractivity contribution < 1.29 is 13.9 Å². The number of anilines is 1. The van der Waals surface area contributed by atoms with E-state index in [2.05, 4.69) is 4.90 Å². The Morgan fingerprint density at radius 2 is 1.89 bits per heavy atom. The number of hydrogen-bond acceptors (Lipinski definition) is 4. The molecule has 0 bridgehead atoms. The Morgan fingerprint density at radius 1 is 1.14 bits per heavy atom. The van der Waals surface area contributed by atoms with Crippen LogP contribution in [0.15, 0.2) is 46.9 Å². The Labute approximate surface area is 169 Å². The monoisotopic (exact) mass is 398 g/mol. The first kappa shape index (κ1) is 18.7. The highest BCUT2D eigenvalue weighted by atomic mass is 35.5. The van der Waals surface area contributed by atoms with Gasteiger partial charge in [-0.1, -0.05) is 23.7 Å². The Balaban J connectivity index is 1.51. The van der Waals surface area contributed by atoms with Crippen molar-refractivity contribution in [1.29, 1.82) is 0 Å². The highest BCUT2D eigenvalue weighted by Crippen LogP contribution is 2.30. The number of para-hydroxylation sites is 1. The van der Waals surface area contributed by atoms with Crippen LogP contribution >= 0.6 is 11.6 Å². The second kappa shape index (κ2) is 7.76. The van der Waals surface area contributed by atoms with E-state index in [0.717, 1.165) is 40.5 Å². The molecule has 1 aliphatic rings. The maximum absolute atomic E-state index is 13.1. The molecule has 3 aromatic rings. The van der Waals surface area contributed by atoms with E-state index in [9.17, 15) is 4.79 Å². The fourth-order valence-corrected chi connectivity index (χ4v) is 3.92. The average Bonchev–Trinajstić information content (AvgIpc) is 3.04. The number of hydrogen-bond donors (Lipinski definition) is 0. The first-order chi connectivity index (χ1) is 13.6. The number of piperazine rings is 1. The highest BCUT2D eigenvalue weighted by molar-refractivity contribution is 6.33. The molecule has 4 rings (SSSR count). The normalized spacial score (nSPS) is 14.5. The molecule has 0 saturated carbocycles. The summed E-state index contributed by atoms with van der Waals surface area (Å²) < 4.78 is 11.5. The molecule has 1 saturated heterocycles. The minimum absolute atomic E-state index is 0.0644. The molecule has 0 N–H and O–H groups in total. The number of rotatable bonds is 4. The van der Waals surface area contributed by atoms with E-state index in [1.807, 2.05) is 61.2 Å². The predicted octanol–water partition coefficient (Wildman–Crippen LogP) is 4.76. The molecule has 0 spiro atoms. The molecule has 2 heterocycles. The summed E-state index contributed by atoms with van der Waals surface area (Å²) in [5.74, 6) is 1.13. The Morgan fingerprint density at radius 3 is 2.61 bits per heavy atom. The lowest BCUT2D eigenvalue weighted by Gasteiger charge is -2.36.